The van der Waals surface area contributed by atoms with Gasteiger partial charge in [-0.15, -0.1) is 11.6 Å². The van der Waals surface area contributed by atoms with Gasteiger partial charge >= 0.3 is 0 Å². The van der Waals surface area contributed by atoms with Crippen LogP contribution in [0.1, 0.15) is 23.6 Å². The summed E-state index contributed by atoms with van der Waals surface area (Å²) >= 11 is 5.63. The van der Waals surface area contributed by atoms with Gasteiger partial charge in [-0.25, -0.2) is 4.98 Å². The first-order valence-corrected chi connectivity index (χ1v) is 6.11. The van der Waals surface area contributed by atoms with E-state index in [1.165, 1.54) is 11.4 Å². The highest BCUT2D eigenvalue weighted by Gasteiger charge is 2.20. The van der Waals surface area contributed by atoms with Crippen LogP contribution in [0.2, 0.25) is 0 Å². The summed E-state index contributed by atoms with van der Waals surface area (Å²) in [6.07, 6.45) is 2.90. The minimum absolute atomic E-state index is 0.498. The van der Waals surface area contributed by atoms with Gasteiger partial charge in [-0.1, -0.05) is 0 Å². The third kappa shape index (κ3) is 2.13. The number of nitrogens with two attached hydrogens (primary N) is 1. The number of fused-ring (bicyclic) bond motifs is 1. The van der Waals surface area contributed by atoms with Crippen molar-refractivity contribution in [3.05, 3.63) is 17.2 Å². The van der Waals surface area contributed by atoms with Crippen LogP contribution in [0.5, 0.6) is 0 Å². The highest BCUT2D eigenvalue weighted by molar-refractivity contribution is 6.18. The maximum absolute atomic E-state index is 5.65. The molecule has 0 atom stereocenters. The van der Waals surface area contributed by atoms with Gasteiger partial charge in [0.05, 0.1) is 18.8 Å². The molecule has 1 heterocycles. The van der Waals surface area contributed by atoms with Crippen molar-refractivity contribution in [3.8, 4) is 0 Å². The molecule has 16 heavy (non-hydrogen) atoms. The number of alkyl halides is 1. The lowest BCUT2D eigenvalue weighted by Gasteiger charge is -2.14. The molecule has 0 radical (unpaired) electrons. The van der Waals surface area contributed by atoms with Crippen molar-refractivity contribution in [3.63, 3.8) is 0 Å². The number of hydrogen-bond acceptors (Lipinski definition) is 3. The van der Waals surface area contributed by atoms with Gasteiger partial charge in [-0.2, -0.15) is 0 Å². The predicted molar refractivity (Wildman–Crippen MR) is 66.1 cm³/mol. The van der Waals surface area contributed by atoms with Gasteiger partial charge in [0.2, 0.25) is 0 Å². The molecule has 1 aromatic heterocycles. The highest BCUT2D eigenvalue weighted by Crippen LogP contribution is 2.20. The van der Waals surface area contributed by atoms with E-state index in [0.29, 0.717) is 19.0 Å². The van der Waals surface area contributed by atoms with Crippen molar-refractivity contribution in [2.45, 2.75) is 25.8 Å². The van der Waals surface area contributed by atoms with Crippen LogP contribution in [-0.2, 0) is 26.4 Å². The molecular weight excluding hydrogens is 224 g/mol. The quantitative estimate of drug-likeness (QED) is 0.803. The molecule has 0 fully saturated rings. The van der Waals surface area contributed by atoms with Crippen LogP contribution < -0.4 is 5.73 Å². The fourth-order valence-electron chi connectivity index (χ4n) is 2.16. The van der Waals surface area contributed by atoms with Crippen LogP contribution in [0.3, 0.4) is 0 Å². The maximum atomic E-state index is 5.65. The Morgan fingerprint density at radius 1 is 1.50 bits per heavy atom. The SMILES string of the molecule is Cn1c(CN)nc2c1CCC(=NCCCl)C2. The normalized spacial score (nSPS) is 17.8. The topological polar surface area (TPSA) is 56.2 Å². The molecule has 1 aliphatic rings. The average Bonchev–Trinajstić information content (AvgIpc) is 2.63. The largest absolute Gasteiger partial charge is 0.334 e. The molecular formula is C11H17ClN4. The van der Waals surface area contributed by atoms with E-state index in [-0.39, 0.29) is 0 Å². The van der Waals surface area contributed by atoms with Gasteiger partial charge < -0.3 is 10.3 Å². The summed E-state index contributed by atoms with van der Waals surface area (Å²) in [6.45, 7) is 1.21. The van der Waals surface area contributed by atoms with E-state index < -0.39 is 0 Å². The summed E-state index contributed by atoms with van der Waals surface area (Å²) in [5.74, 6) is 1.55. The molecule has 5 heteroatoms. The van der Waals surface area contributed by atoms with Crippen LogP contribution in [0.4, 0.5) is 0 Å². The molecule has 0 aromatic carbocycles. The minimum atomic E-state index is 0.498. The number of rotatable bonds is 3. The van der Waals surface area contributed by atoms with E-state index in [0.717, 1.165) is 30.8 Å². The average molecular weight is 241 g/mol. The van der Waals surface area contributed by atoms with E-state index in [9.17, 15) is 0 Å². The summed E-state index contributed by atoms with van der Waals surface area (Å²) in [6, 6.07) is 0. The van der Waals surface area contributed by atoms with Crippen LogP contribution >= 0.6 is 11.6 Å². The van der Waals surface area contributed by atoms with E-state index in [1.807, 2.05) is 7.05 Å². The van der Waals surface area contributed by atoms with Crippen LogP contribution in [0.15, 0.2) is 4.99 Å². The molecule has 0 bridgehead atoms. The molecule has 0 spiro atoms. The first kappa shape index (κ1) is 11.6. The van der Waals surface area contributed by atoms with Gasteiger partial charge in [0.1, 0.15) is 5.82 Å². The third-order valence-corrected chi connectivity index (χ3v) is 3.18. The van der Waals surface area contributed by atoms with Crippen LogP contribution in [-0.4, -0.2) is 27.7 Å². The number of imidazole rings is 1. The van der Waals surface area contributed by atoms with Crippen molar-refractivity contribution >= 4 is 17.3 Å². The Kier molecular flexibility index (Phi) is 3.61. The molecule has 0 saturated carbocycles. The molecule has 0 amide bonds. The summed E-state index contributed by atoms with van der Waals surface area (Å²) < 4.78 is 2.12. The first-order chi connectivity index (χ1) is 7.76. The van der Waals surface area contributed by atoms with Gasteiger partial charge in [-0.3, -0.25) is 4.99 Å². The summed E-state index contributed by atoms with van der Waals surface area (Å²) in [5.41, 5.74) is 9.32. The van der Waals surface area contributed by atoms with E-state index in [1.54, 1.807) is 0 Å². The van der Waals surface area contributed by atoms with Gasteiger partial charge in [0, 0.05) is 30.8 Å². The van der Waals surface area contributed by atoms with Crippen molar-refractivity contribution in [2.75, 3.05) is 12.4 Å². The van der Waals surface area contributed by atoms with Crippen LogP contribution in [0, 0.1) is 0 Å². The van der Waals surface area contributed by atoms with Crippen molar-refractivity contribution < 1.29 is 0 Å². The molecule has 2 rings (SSSR count). The van der Waals surface area contributed by atoms with Gasteiger partial charge in [0.25, 0.3) is 0 Å². The molecule has 2 N–H and O–H groups in total. The molecule has 4 nitrogen and oxygen atoms in total. The zero-order valence-electron chi connectivity index (χ0n) is 9.54. The standard InChI is InChI=1S/C11H17ClN4/c1-16-10-3-2-8(14-5-4-12)6-9(10)15-11(16)7-13/h2-7,13H2,1H3. The van der Waals surface area contributed by atoms with Crippen LogP contribution in [0.25, 0.3) is 0 Å². The van der Waals surface area contributed by atoms with E-state index >= 15 is 0 Å². The highest BCUT2D eigenvalue weighted by atomic mass is 35.5. The maximum Gasteiger partial charge on any atom is 0.122 e. The number of aromatic nitrogens is 2. The summed E-state index contributed by atoms with van der Waals surface area (Å²) in [4.78, 5) is 9.02. The van der Waals surface area contributed by atoms with E-state index in [2.05, 4.69) is 14.5 Å². The zero-order valence-corrected chi connectivity index (χ0v) is 10.3. The Bertz CT molecular complexity index is 408. The second-order valence-corrected chi connectivity index (χ2v) is 4.38. The van der Waals surface area contributed by atoms with Gasteiger partial charge in [-0.05, 0) is 12.8 Å². The smallest absolute Gasteiger partial charge is 0.122 e. The Morgan fingerprint density at radius 3 is 3.00 bits per heavy atom. The number of nitrogens with zero attached hydrogens (tertiary/aromatic N) is 3. The van der Waals surface area contributed by atoms with Crippen molar-refractivity contribution in [2.24, 2.45) is 17.8 Å². The Labute approximate surface area is 101 Å². The van der Waals surface area contributed by atoms with Crippen molar-refractivity contribution in [1.82, 2.24) is 9.55 Å². The van der Waals surface area contributed by atoms with Crippen molar-refractivity contribution in [1.29, 1.82) is 0 Å². The number of hydrogen-bond donors (Lipinski definition) is 1. The summed E-state index contributed by atoms with van der Waals surface area (Å²) in [5, 5.41) is 0. The Balaban J connectivity index is 2.21. The van der Waals surface area contributed by atoms with E-state index in [4.69, 9.17) is 17.3 Å². The monoisotopic (exact) mass is 240 g/mol. The lowest BCUT2D eigenvalue weighted by atomic mass is 9.99. The minimum Gasteiger partial charge on any atom is -0.334 e. The predicted octanol–water partition coefficient (Wildman–Crippen LogP) is 1.05. The first-order valence-electron chi connectivity index (χ1n) is 5.57. The molecule has 88 valence electrons. The Hall–Kier alpha value is -0.870. The molecule has 0 aliphatic heterocycles. The molecule has 1 aromatic rings. The van der Waals surface area contributed by atoms with Gasteiger partial charge in [0.15, 0.2) is 0 Å². The number of aliphatic imine (C=N–C) groups is 1. The fraction of sp³-hybridized carbons (Fsp3) is 0.636. The molecule has 0 saturated heterocycles. The second-order valence-electron chi connectivity index (χ2n) is 4.00. The second kappa shape index (κ2) is 4.97. The lowest BCUT2D eigenvalue weighted by Crippen LogP contribution is -2.16. The lowest BCUT2D eigenvalue weighted by molar-refractivity contribution is 0.740. The Morgan fingerprint density at radius 2 is 2.31 bits per heavy atom. The summed E-state index contributed by atoms with van der Waals surface area (Å²) in [7, 11) is 2.04. The molecule has 0 unspecified atom stereocenters. The zero-order chi connectivity index (χ0) is 11.5. The molecule has 1 aliphatic carbocycles. The fourth-order valence-corrected chi connectivity index (χ4v) is 2.25. The number of halogens is 1. The third-order valence-electron chi connectivity index (χ3n) is 3.01.